The highest BCUT2D eigenvalue weighted by Gasteiger charge is 2.48. The average Bonchev–Trinajstić information content (AvgIpc) is 3.34. The normalized spacial score (nSPS) is 24.5. The molecule has 27 heavy (non-hydrogen) atoms. The van der Waals surface area contributed by atoms with Crippen molar-refractivity contribution in [3.05, 3.63) is 46.4 Å². The van der Waals surface area contributed by atoms with E-state index >= 15 is 0 Å². The molecule has 2 aromatic heterocycles. The van der Waals surface area contributed by atoms with Gasteiger partial charge in [-0.25, -0.2) is 4.79 Å². The smallest absolute Gasteiger partial charge is 0.328 e. The highest BCUT2D eigenvalue weighted by atomic mass is 16.5. The van der Waals surface area contributed by atoms with E-state index in [-0.39, 0.29) is 17.5 Å². The van der Waals surface area contributed by atoms with E-state index in [1.54, 1.807) is 23.1 Å². The number of H-pyrrole nitrogens is 1. The minimum absolute atomic E-state index is 0.0144. The number of pyridine rings is 1. The quantitative estimate of drug-likeness (QED) is 0.839. The molecule has 4 rings (SSSR count). The Morgan fingerprint density at radius 1 is 1.22 bits per heavy atom. The van der Waals surface area contributed by atoms with Crippen LogP contribution in [0.5, 0.6) is 0 Å². The Bertz CT molecular complexity index is 901. The van der Waals surface area contributed by atoms with Crippen molar-refractivity contribution in [2.24, 2.45) is 5.92 Å². The van der Waals surface area contributed by atoms with Crippen LogP contribution in [0.25, 0.3) is 11.5 Å². The minimum atomic E-state index is -0.625. The number of aromatic amines is 1. The summed E-state index contributed by atoms with van der Waals surface area (Å²) in [5.74, 6) is -0.0197. The first-order valence-corrected chi connectivity index (χ1v) is 9.28. The van der Waals surface area contributed by atoms with Crippen LogP contribution >= 0.6 is 0 Å². The van der Waals surface area contributed by atoms with Crippen molar-refractivity contribution in [2.75, 3.05) is 7.11 Å². The minimum Gasteiger partial charge on any atom is -0.467 e. The summed E-state index contributed by atoms with van der Waals surface area (Å²) in [7, 11) is 1.33. The average molecular weight is 370 g/mol. The first kappa shape index (κ1) is 17.6. The molecule has 1 amide bonds. The highest BCUT2D eigenvalue weighted by molar-refractivity contribution is 5.97. The van der Waals surface area contributed by atoms with Crippen molar-refractivity contribution in [1.82, 2.24) is 9.88 Å². The van der Waals surface area contributed by atoms with E-state index in [0.717, 1.165) is 25.7 Å². The van der Waals surface area contributed by atoms with E-state index in [0.29, 0.717) is 17.9 Å². The van der Waals surface area contributed by atoms with Gasteiger partial charge in [0.05, 0.1) is 19.1 Å². The van der Waals surface area contributed by atoms with Gasteiger partial charge in [0.25, 0.3) is 11.5 Å². The lowest BCUT2D eigenvalue weighted by atomic mass is 9.84. The third-order valence-corrected chi connectivity index (χ3v) is 5.72. The molecule has 2 aromatic rings. The lowest BCUT2D eigenvalue weighted by Gasteiger charge is -2.33. The maximum absolute atomic E-state index is 13.2. The molecule has 7 heteroatoms. The molecule has 1 saturated carbocycles. The number of furan rings is 1. The number of carbonyl (C=O) groups is 2. The monoisotopic (exact) mass is 370 g/mol. The lowest BCUT2D eigenvalue weighted by Crippen LogP contribution is -2.47. The molecule has 0 aromatic carbocycles. The van der Waals surface area contributed by atoms with E-state index in [9.17, 15) is 14.4 Å². The third kappa shape index (κ3) is 3.07. The number of hydrogen-bond donors (Lipinski definition) is 1. The van der Waals surface area contributed by atoms with Crippen LogP contribution in [-0.4, -0.2) is 41.0 Å². The van der Waals surface area contributed by atoms with Crippen molar-refractivity contribution >= 4 is 11.9 Å². The van der Waals surface area contributed by atoms with E-state index in [1.807, 2.05) is 0 Å². The Kier molecular flexibility index (Phi) is 4.59. The van der Waals surface area contributed by atoms with Gasteiger partial charge < -0.3 is 19.0 Å². The zero-order valence-electron chi connectivity index (χ0n) is 15.1. The van der Waals surface area contributed by atoms with Crippen LogP contribution in [0.3, 0.4) is 0 Å². The van der Waals surface area contributed by atoms with Gasteiger partial charge in [0, 0.05) is 6.04 Å². The van der Waals surface area contributed by atoms with Crippen molar-refractivity contribution in [3.8, 4) is 11.5 Å². The first-order valence-electron chi connectivity index (χ1n) is 9.28. The van der Waals surface area contributed by atoms with Gasteiger partial charge in [-0.2, -0.15) is 0 Å². The fourth-order valence-electron chi connectivity index (χ4n) is 4.46. The summed E-state index contributed by atoms with van der Waals surface area (Å²) in [4.78, 5) is 42.4. The SMILES string of the molecule is COC(=O)[C@@H]1C[C@@H]2CCCC[C@@H]2N1C(=O)c1ccc(-c2ccco2)[nH]c1=O. The fourth-order valence-corrected chi connectivity index (χ4v) is 4.46. The second kappa shape index (κ2) is 7.06. The predicted octanol–water partition coefficient (Wildman–Crippen LogP) is 2.58. The Labute approximate surface area is 156 Å². The second-order valence-electron chi connectivity index (χ2n) is 7.19. The second-order valence-corrected chi connectivity index (χ2v) is 7.19. The van der Waals surface area contributed by atoms with Crippen LogP contribution in [-0.2, 0) is 9.53 Å². The van der Waals surface area contributed by atoms with Crippen LogP contribution in [0, 0.1) is 5.92 Å². The van der Waals surface area contributed by atoms with Gasteiger partial charge in [0.2, 0.25) is 0 Å². The van der Waals surface area contributed by atoms with Crippen LogP contribution in [0.1, 0.15) is 42.5 Å². The van der Waals surface area contributed by atoms with Crippen LogP contribution < -0.4 is 5.56 Å². The topological polar surface area (TPSA) is 92.6 Å². The molecule has 142 valence electrons. The Morgan fingerprint density at radius 2 is 2.04 bits per heavy atom. The number of aromatic nitrogens is 1. The van der Waals surface area contributed by atoms with Gasteiger partial charge in [0.1, 0.15) is 17.4 Å². The molecular weight excluding hydrogens is 348 g/mol. The molecular formula is C20H22N2O5. The summed E-state index contributed by atoms with van der Waals surface area (Å²) in [6.45, 7) is 0. The van der Waals surface area contributed by atoms with Crippen LogP contribution in [0.15, 0.2) is 39.7 Å². The summed E-state index contributed by atoms with van der Waals surface area (Å²) < 4.78 is 10.2. The summed E-state index contributed by atoms with van der Waals surface area (Å²) in [6.07, 6.45) is 6.09. The van der Waals surface area contributed by atoms with Crippen molar-refractivity contribution in [2.45, 2.75) is 44.2 Å². The summed E-state index contributed by atoms with van der Waals surface area (Å²) >= 11 is 0. The zero-order valence-corrected chi connectivity index (χ0v) is 15.1. The van der Waals surface area contributed by atoms with Crippen molar-refractivity contribution in [1.29, 1.82) is 0 Å². The summed E-state index contributed by atoms with van der Waals surface area (Å²) in [6, 6.07) is 5.96. The Hall–Kier alpha value is -2.83. The van der Waals surface area contributed by atoms with Gasteiger partial charge in [-0.15, -0.1) is 0 Å². The molecule has 2 aliphatic rings. The first-order chi connectivity index (χ1) is 13.1. The molecule has 3 atom stereocenters. The van der Waals surface area contributed by atoms with E-state index in [1.165, 1.54) is 19.4 Å². The van der Waals surface area contributed by atoms with Gasteiger partial charge in [0.15, 0.2) is 0 Å². The van der Waals surface area contributed by atoms with E-state index < -0.39 is 23.5 Å². The number of nitrogens with zero attached hydrogens (tertiary/aromatic N) is 1. The molecule has 1 N–H and O–H groups in total. The highest BCUT2D eigenvalue weighted by Crippen LogP contribution is 2.40. The van der Waals surface area contributed by atoms with Gasteiger partial charge in [-0.1, -0.05) is 12.8 Å². The molecule has 3 heterocycles. The number of ether oxygens (including phenoxy) is 1. The number of amides is 1. The molecule has 2 fully saturated rings. The molecule has 1 aliphatic carbocycles. The van der Waals surface area contributed by atoms with Crippen LogP contribution in [0.4, 0.5) is 0 Å². The molecule has 0 spiro atoms. The number of likely N-dealkylation sites (tertiary alicyclic amines) is 1. The Morgan fingerprint density at radius 3 is 2.74 bits per heavy atom. The van der Waals surface area contributed by atoms with Crippen LogP contribution in [0.2, 0.25) is 0 Å². The molecule has 0 unspecified atom stereocenters. The fraction of sp³-hybridized carbons (Fsp3) is 0.450. The Balaban J connectivity index is 1.67. The zero-order chi connectivity index (χ0) is 19.0. The number of nitrogens with one attached hydrogen (secondary N) is 1. The number of carbonyl (C=O) groups excluding carboxylic acids is 2. The maximum atomic E-state index is 13.2. The molecule has 1 saturated heterocycles. The van der Waals surface area contributed by atoms with Crippen molar-refractivity contribution in [3.63, 3.8) is 0 Å². The van der Waals surface area contributed by atoms with E-state index in [4.69, 9.17) is 9.15 Å². The van der Waals surface area contributed by atoms with E-state index in [2.05, 4.69) is 4.98 Å². The number of esters is 1. The largest absolute Gasteiger partial charge is 0.467 e. The standard InChI is InChI=1S/C20H22N2O5/c1-26-20(25)16-11-12-5-2-3-6-15(12)22(16)19(24)13-8-9-14(21-18(13)23)17-7-4-10-27-17/h4,7-10,12,15-16H,2-3,5-6,11H2,1H3,(H,21,23)/t12-,15-,16-/m0/s1. The number of fused-ring (bicyclic) bond motifs is 1. The maximum Gasteiger partial charge on any atom is 0.328 e. The number of hydrogen-bond acceptors (Lipinski definition) is 5. The molecule has 1 aliphatic heterocycles. The lowest BCUT2D eigenvalue weighted by molar-refractivity contribution is -0.145. The van der Waals surface area contributed by atoms with Gasteiger partial charge in [-0.3, -0.25) is 9.59 Å². The van der Waals surface area contributed by atoms with Gasteiger partial charge in [-0.05, 0) is 49.4 Å². The summed E-state index contributed by atoms with van der Waals surface area (Å²) in [5, 5.41) is 0. The number of rotatable bonds is 3. The van der Waals surface area contributed by atoms with Gasteiger partial charge >= 0.3 is 5.97 Å². The predicted molar refractivity (Wildman–Crippen MR) is 97.1 cm³/mol. The number of methoxy groups -OCH3 is 1. The third-order valence-electron chi connectivity index (χ3n) is 5.72. The van der Waals surface area contributed by atoms with Crippen molar-refractivity contribution < 1.29 is 18.7 Å². The molecule has 0 bridgehead atoms. The summed E-state index contributed by atoms with van der Waals surface area (Å²) in [5.41, 5.74) is 0.0465. The molecule has 7 nitrogen and oxygen atoms in total. The molecule has 0 radical (unpaired) electrons.